The third-order valence-electron chi connectivity index (χ3n) is 4.60. The first kappa shape index (κ1) is 24.0. The molecule has 0 saturated carbocycles. The molecular formula is C17H27N7O4S2. The maximum atomic E-state index is 11.5. The number of rotatable bonds is 7. The number of aromatic nitrogens is 2. The van der Waals surface area contributed by atoms with Crippen LogP contribution in [0.1, 0.15) is 45.4 Å². The second-order valence-electron chi connectivity index (χ2n) is 7.19. The van der Waals surface area contributed by atoms with Gasteiger partial charge in [0.05, 0.1) is 11.8 Å². The first-order chi connectivity index (χ1) is 14.2. The number of ether oxygens (including phenoxy) is 1. The molecule has 0 spiro atoms. The highest BCUT2D eigenvalue weighted by atomic mass is 32.2. The van der Waals surface area contributed by atoms with Crippen molar-refractivity contribution in [3.8, 4) is 0 Å². The average Bonchev–Trinajstić information content (AvgIpc) is 3.18. The van der Waals surface area contributed by atoms with E-state index in [1.54, 1.807) is 0 Å². The average molecular weight is 458 g/mol. The van der Waals surface area contributed by atoms with E-state index in [0.29, 0.717) is 18.1 Å². The van der Waals surface area contributed by atoms with Gasteiger partial charge in [0.1, 0.15) is 6.10 Å². The predicted octanol–water partition coefficient (Wildman–Crippen LogP) is 2.52. The summed E-state index contributed by atoms with van der Waals surface area (Å²) in [6.07, 6.45) is 3.01. The predicted molar refractivity (Wildman–Crippen MR) is 119 cm³/mol. The third-order valence-corrected chi connectivity index (χ3v) is 6.06. The van der Waals surface area contributed by atoms with Gasteiger partial charge in [-0.25, -0.2) is 8.42 Å². The number of hydrogen-bond donors (Lipinski definition) is 2. The van der Waals surface area contributed by atoms with Gasteiger partial charge in [-0.05, 0) is 37.4 Å². The van der Waals surface area contributed by atoms with Crippen molar-refractivity contribution in [3.05, 3.63) is 5.82 Å². The SMILES string of the molecule is CC(C)c1noc(N2CCC(C(C)O/C(=N/N=C(\C=N)S(C)(=O)=O)SC=N)CC2)n1. The van der Waals surface area contributed by atoms with Gasteiger partial charge in [-0.1, -0.05) is 19.0 Å². The van der Waals surface area contributed by atoms with Gasteiger partial charge in [0.25, 0.3) is 5.23 Å². The molecule has 2 heterocycles. The van der Waals surface area contributed by atoms with Crippen molar-refractivity contribution >= 4 is 49.6 Å². The zero-order valence-corrected chi connectivity index (χ0v) is 19.0. The number of hydrogen-bond acceptors (Lipinski definition) is 12. The number of sulfone groups is 1. The highest BCUT2D eigenvalue weighted by Gasteiger charge is 2.28. The van der Waals surface area contributed by atoms with Crippen molar-refractivity contribution in [3.63, 3.8) is 0 Å². The minimum atomic E-state index is -3.66. The Morgan fingerprint density at radius 3 is 2.47 bits per heavy atom. The molecule has 0 amide bonds. The van der Waals surface area contributed by atoms with Crippen molar-refractivity contribution in [2.24, 2.45) is 16.1 Å². The van der Waals surface area contributed by atoms with Crippen LogP contribution in [0.15, 0.2) is 14.7 Å². The Balaban J connectivity index is 1.99. The molecule has 1 atom stereocenters. The second kappa shape index (κ2) is 10.7. The minimum absolute atomic E-state index is 0.0569. The minimum Gasteiger partial charge on any atom is -0.468 e. The lowest BCUT2D eigenvalue weighted by Gasteiger charge is -2.33. The molecule has 0 bridgehead atoms. The topological polar surface area (TPSA) is 158 Å². The Morgan fingerprint density at radius 2 is 1.97 bits per heavy atom. The molecule has 2 N–H and O–H groups in total. The first-order valence-electron chi connectivity index (χ1n) is 9.42. The molecule has 2 rings (SSSR count). The lowest BCUT2D eigenvalue weighted by Crippen LogP contribution is -2.38. The van der Waals surface area contributed by atoms with Gasteiger partial charge in [-0.2, -0.15) is 4.98 Å². The van der Waals surface area contributed by atoms with E-state index < -0.39 is 14.9 Å². The fraction of sp³-hybridized carbons (Fsp3) is 0.647. The van der Waals surface area contributed by atoms with E-state index in [2.05, 4.69) is 25.2 Å². The zero-order chi connectivity index (χ0) is 22.3. The van der Waals surface area contributed by atoms with Crippen LogP contribution in [0.3, 0.4) is 0 Å². The van der Waals surface area contributed by atoms with Crippen LogP contribution < -0.4 is 4.90 Å². The number of piperidine rings is 1. The maximum absolute atomic E-state index is 11.5. The van der Waals surface area contributed by atoms with E-state index in [4.69, 9.17) is 20.1 Å². The number of thioether (sulfide) groups is 1. The van der Waals surface area contributed by atoms with Gasteiger partial charge in [-0.3, -0.25) is 0 Å². The summed E-state index contributed by atoms with van der Waals surface area (Å²) in [5, 5.41) is 25.4. The van der Waals surface area contributed by atoms with E-state index in [-0.39, 0.29) is 23.2 Å². The van der Waals surface area contributed by atoms with E-state index >= 15 is 0 Å². The quantitative estimate of drug-likeness (QED) is 0.359. The van der Waals surface area contributed by atoms with Crippen molar-refractivity contribution in [1.82, 2.24) is 10.1 Å². The zero-order valence-electron chi connectivity index (χ0n) is 17.4. The summed E-state index contributed by atoms with van der Waals surface area (Å²) in [5.74, 6) is 1.12. The standard InChI is InChI=1S/C17H27N7O4S2/c1-11(2)15-20-16(28-23-15)24-7-5-13(6-8-24)12(3)27-17(29-10-19)22-21-14(9-18)30(4,25)26/h9-13,18-19H,5-8H2,1-4H3/b18-9?,19-10?,21-14+,22-17-. The van der Waals surface area contributed by atoms with Crippen molar-refractivity contribution in [2.75, 3.05) is 24.2 Å². The Hall–Kier alpha value is -2.28. The van der Waals surface area contributed by atoms with Crippen LogP contribution >= 0.6 is 11.8 Å². The third kappa shape index (κ3) is 6.62. The van der Waals surface area contributed by atoms with Crippen molar-refractivity contribution in [2.45, 2.75) is 45.6 Å². The van der Waals surface area contributed by atoms with Crippen LogP contribution in [0.25, 0.3) is 0 Å². The summed E-state index contributed by atoms with van der Waals surface area (Å²) in [6, 6.07) is 0.529. The number of nitrogens with zero attached hydrogens (tertiary/aromatic N) is 5. The fourth-order valence-corrected chi connectivity index (χ4v) is 3.63. The smallest absolute Gasteiger partial charge is 0.324 e. The molecule has 0 aliphatic carbocycles. The number of nitrogens with one attached hydrogen (secondary N) is 2. The van der Waals surface area contributed by atoms with E-state index in [9.17, 15) is 8.42 Å². The summed E-state index contributed by atoms with van der Waals surface area (Å²) in [6.45, 7) is 7.41. The highest BCUT2D eigenvalue weighted by molar-refractivity contribution is 8.24. The molecule has 1 unspecified atom stereocenters. The van der Waals surface area contributed by atoms with Crippen LogP contribution in [0.2, 0.25) is 0 Å². The Bertz CT molecular complexity index is 903. The molecular weight excluding hydrogens is 430 g/mol. The molecule has 1 saturated heterocycles. The van der Waals surface area contributed by atoms with Gasteiger partial charge >= 0.3 is 6.01 Å². The van der Waals surface area contributed by atoms with E-state index in [1.165, 1.54) is 0 Å². The van der Waals surface area contributed by atoms with Gasteiger partial charge in [0.2, 0.25) is 0 Å². The van der Waals surface area contributed by atoms with Crippen LogP contribution in [-0.2, 0) is 14.6 Å². The molecule has 1 aliphatic rings. The van der Waals surface area contributed by atoms with Gasteiger partial charge in [-0.15, -0.1) is 10.2 Å². The summed E-state index contributed by atoms with van der Waals surface area (Å²) in [5.41, 5.74) is 1.02. The summed E-state index contributed by atoms with van der Waals surface area (Å²) in [7, 11) is -3.66. The highest BCUT2D eigenvalue weighted by Crippen LogP contribution is 2.27. The van der Waals surface area contributed by atoms with Crippen LogP contribution in [0.4, 0.5) is 6.01 Å². The second-order valence-corrected chi connectivity index (χ2v) is 9.98. The maximum Gasteiger partial charge on any atom is 0.324 e. The first-order valence-corrected chi connectivity index (χ1v) is 12.2. The molecule has 166 valence electrons. The summed E-state index contributed by atoms with van der Waals surface area (Å²) >= 11 is 0.883. The Kier molecular flexibility index (Phi) is 8.53. The van der Waals surface area contributed by atoms with E-state index in [1.807, 2.05) is 20.8 Å². The molecule has 0 aromatic carbocycles. The molecule has 0 radical (unpaired) electrons. The van der Waals surface area contributed by atoms with Gasteiger partial charge in [0.15, 0.2) is 20.7 Å². The summed E-state index contributed by atoms with van der Waals surface area (Å²) < 4.78 is 34.2. The van der Waals surface area contributed by atoms with Crippen LogP contribution in [0.5, 0.6) is 0 Å². The molecule has 1 aromatic rings. The van der Waals surface area contributed by atoms with E-state index in [0.717, 1.165) is 49.5 Å². The van der Waals surface area contributed by atoms with Gasteiger partial charge < -0.3 is 25.0 Å². The lowest BCUT2D eigenvalue weighted by atomic mass is 9.92. The lowest BCUT2D eigenvalue weighted by molar-refractivity contribution is 0.125. The van der Waals surface area contributed by atoms with Crippen LogP contribution in [-0.4, -0.2) is 66.0 Å². The molecule has 30 heavy (non-hydrogen) atoms. The molecule has 1 fully saturated rings. The molecule has 1 aliphatic heterocycles. The molecule has 11 nitrogen and oxygen atoms in total. The number of anilines is 1. The van der Waals surface area contributed by atoms with Crippen molar-refractivity contribution in [1.29, 1.82) is 10.8 Å². The molecule has 1 aromatic heterocycles. The summed E-state index contributed by atoms with van der Waals surface area (Å²) in [4.78, 5) is 6.48. The Labute approximate surface area is 180 Å². The normalized spacial score (nSPS) is 17.8. The monoisotopic (exact) mass is 457 g/mol. The molecule has 13 heteroatoms. The van der Waals surface area contributed by atoms with Crippen LogP contribution in [0, 0.1) is 16.7 Å². The largest absolute Gasteiger partial charge is 0.468 e. The van der Waals surface area contributed by atoms with Crippen molar-refractivity contribution < 1.29 is 17.7 Å². The fourth-order valence-electron chi connectivity index (χ4n) is 2.83. The Morgan fingerprint density at radius 1 is 1.30 bits per heavy atom. The van der Waals surface area contributed by atoms with Gasteiger partial charge in [0, 0.05) is 25.3 Å².